The number of hydrogen-bond donors (Lipinski definition) is 3. The van der Waals surface area contributed by atoms with Gasteiger partial charge in [-0.25, -0.2) is 0 Å². The molecular formula is C19H22NO4+. The number of benzene rings is 2. The van der Waals surface area contributed by atoms with E-state index < -0.39 is 0 Å². The molecule has 0 radical (unpaired) electrons. The van der Waals surface area contributed by atoms with E-state index in [1.165, 1.54) is 21.6 Å². The number of fused-ring (bicyclic) bond motifs is 4. The van der Waals surface area contributed by atoms with E-state index >= 15 is 0 Å². The van der Waals surface area contributed by atoms with Crippen molar-refractivity contribution in [2.75, 3.05) is 20.8 Å². The number of ether oxygens (including phenoxy) is 2. The Morgan fingerprint density at radius 1 is 0.917 bits per heavy atom. The summed E-state index contributed by atoms with van der Waals surface area (Å²) in [6, 6.07) is 7.89. The molecule has 0 aromatic heterocycles. The van der Waals surface area contributed by atoms with Crippen LogP contribution in [0, 0.1) is 0 Å². The van der Waals surface area contributed by atoms with Crippen LogP contribution in [0.5, 0.6) is 23.0 Å². The molecule has 126 valence electrons. The predicted molar refractivity (Wildman–Crippen MR) is 89.0 cm³/mol. The number of nitrogens with one attached hydrogen (secondary N) is 1. The highest BCUT2D eigenvalue weighted by molar-refractivity contribution is 5.50. The first-order valence-electron chi connectivity index (χ1n) is 8.23. The van der Waals surface area contributed by atoms with Gasteiger partial charge in [0.1, 0.15) is 12.6 Å². The zero-order valence-corrected chi connectivity index (χ0v) is 13.9. The molecule has 24 heavy (non-hydrogen) atoms. The van der Waals surface area contributed by atoms with Crippen LogP contribution in [0.3, 0.4) is 0 Å². The molecule has 2 atom stereocenters. The number of methoxy groups -OCH3 is 2. The summed E-state index contributed by atoms with van der Waals surface area (Å²) in [5.74, 6) is 1.45. The third kappa shape index (κ3) is 2.27. The van der Waals surface area contributed by atoms with Crippen LogP contribution in [0.25, 0.3) is 0 Å². The molecule has 3 N–H and O–H groups in total. The lowest BCUT2D eigenvalue weighted by molar-refractivity contribution is -0.949. The van der Waals surface area contributed by atoms with Crippen molar-refractivity contribution in [3.05, 3.63) is 46.5 Å². The summed E-state index contributed by atoms with van der Waals surface area (Å²) >= 11 is 0. The van der Waals surface area contributed by atoms with E-state index in [2.05, 4.69) is 0 Å². The number of phenolic OH excluding ortho intramolecular Hbond substituents is 2. The van der Waals surface area contributed by atoms with E-state index in [0.29, 0.717) is 17.5 Å². The molecule has 0 aliphatic carbocycles. The Bertz CT molecular complexity index is 802. The standard InChI is InChI=1S/C19H21NO4/c1-23-18-7-11-3-4-20-10-13-8-19(24-2)16(21)6-12(13)5-15(20)14(11)9-17(18)22/h6-9,15,21-22H,3-5,10H2,1-2H3/p+1/t15-/m1/s1. The van der Waals surface area contributed by atoms with Crippen molar-refractivity contribution in [3.63, 3.8) is 0 Å². The molecule has 0 saturated carbocycles. The molecule has 0 spiro atoms. The maximum Gasteiger partial charge on any atom is 0.160 e. The highest BCUT2D eigenvalue weighted by Gasteiger charge is 2.36. The Kier molecular flexibility index (Phi) is 3.53. The minimum Gasteiger partial charge on any atom is -0.504 e. The monoisotopic (exact) mass is 328 g/mol. The average Bonchev–Trinajstić information content (AvgIpc) is 2.59. The molecule has 0 amide bonds. The molecule has 2 aromatic carbocycles. The van der Waals surface area contributed by atoms with Crippen molar-refractivity contribution in [2.24, 2.45) is 0 Å². The Hall–Kier alpha value is -2.40. The molecular weight excluding hydrogens is 306 g/mol. The number of hydrogen-bond acceptors (Lipinski definition) is 4. The van der Waals surface area contributed by atoms with Gasteiger partial charge in [-0.2, -0.15) is 0 Å². The van der Waals surface area contributed by atoms with E-state index in [1.54, 1.807) is 14.2 Å². The highest BCUT2D eigenvalue weighted by Crippen LogP contribution is 2.37. The lowest BCUT2D eigenvalue weighted by atomic mass is 9.83. The van der Waals surface area contributed by atoms with Crippen molar-refractivity contribution in [3.8, 4) is 23.0 Å². The lowest BCUT2D eigenvalue weighted by Gasteiger charge is -2.38. The van der Waals surface area contributed by atoms with Gasteiger partial charge in [-0.3, -0.25) is 0 Å². The largest absolute Gasteiger partial charge is 0.504 e. The molecule has 2 heterocycles. The van der Waals surface area contributed by atoms with Gasteiger partial charge in [-0.05, 0) is 35.4 Å². The maximum absolute atomic E-state index is 10.2. The summed E-state index contributed by atoms with van der Waals surface area (Å²) < 4.78 is 10.5. The van der Waals surface area contributed by atoms with E-state index in [9.17, 15) is 10.2 Å². The summed E-state index contributed by atoms with van der Waals surface area (Å²) in [4.78, 5) is 1.49. The van der Waals surface area contributed by atoms with Crippen molar-refractivity contribution in [1.29, 1.82) is 0 Å². The van der Waals surface area contributed by atoms with Crippen LogP contribution in [0.15, 0.2) is 24.3 Å². The second kappa shape index (κ2) is 5.60. The van der Waals surface area contributed by atoms with Crippen molar-refractivity contribution in [1.82, 2.24) is 0 Å². The molecule has 5 heteroatoms. The smallest absolute Gasteiger partial charge is 0.160 e. The molecule has 0 saturated heterocycles. The molecule has 2 aliphatic heterocycles. The van der Waals surface area contributed by atoms with Crippen molar-refractivity contribution >= 4 is 0 Å². The predicted octanol–water partition coefficient (Wildman–Crippen LogP) is 1.35. The summed E-state index contributed by atoms with van der Waals surface area (Å²) in [6.45, 7) is 1.96. The lowest BCUT2D eigenvalue weighted by Crippen LogP contribution is -3.13. The van der Waals surface area contributed by atoms with Gasteiger partial charge in [0.15, 0.2) is 23.0 Å². The fourth-order valence-electron chi connectivity index (χ4n) is 4.12. The van der Waals surface area contributed by atoms with Crippen LogP contribution in [0.1, 0.15) is 28.3 Å². The van der Waals surface area contributed by atoms with Crippen LogP contribution >= 0.6 is 0 Å². The van der Waals surface area contributed by atoms with Gasteiger partial charge in [0, 0.05) is 24.0 Å². The topological polar surface area (TPSA) is 63.4 Å². The number of phenols is 2. The van der Waals surface area contributed by atoms with Gasteiger partial charge in [-0.1, -0.05) is 0 Å². The Morgan fingerprint density at radius 3 is 2.29 bits per heavy atom. The van der Waals surface area contributed by atoms with Crippen LogP contribution in [0.4, 0.5) is 0 Å². The van der Waals surface area contributed by atoms with Gasteiger partial charge >= 0.3 is 0 Å². The second-order valence-corrected chi connectivity index (χ2v) is 6.61. The van der Waals surface area contributed by atoms with Crippen LogP contribution in [-0.2, 0) is 19.4 Å². The zero-order valence-electron chi connectivity index (χ0n) is 13.9. The summed E-state index contributed by atoms with van der Waals surface area (Å²) in [6.07, 6.45) is 1.82. The van der Waals surface area contributed by atoms with Crippen LogP contribution in [0.2, 0.25) is 0 Å². The van der Waals surface area contributed by atoms with Gasteiger partial charge in [0.05, 0.1) is 20.8 Å². The van der Waals surface area contributed by atoms with E-state index in [-0.39, 0.29) is 11.5 Å². The van der Waals surface area contributed by atoms with Crippen LogP contribution < -0.4 is 14.4 Å². The number of rotatable bonds is 2. The van der Waals surface area contributed by atoms with Gasteiger partial charge in [0.2, 0.25) is 0 Å². The molecule has 0 fully saturated rings. The Balaban J connectivity index is 1.75. The molecule has 2 aliphatic rings. The third-order valence-corrected chi connectivity index (χ3v) is 5.37. The first-order chi connectivity index (χ1) is 11.6. The van der Waals surface area contributed by atoms with Gasteiger partial charge < -0.3 is 24.6 Å². The quantitative estimate of drug-likeness (QED) is 0.779. The third-order valence-electron chi connectivity index (χ3n) is 5.37. The van der Waals surface area contributed by atoms with E-state index in [1.807, 2.05) is 24.3 Å². The number of quaternary nitrogens is 1. The van der Waals surface area contributed by atoms with Crippen molar-refractivity contribution < 1.29 is 24.6 Å². The molecule has 2 aromatic rings. The van der Waals surface area contributed by atoms with Gasteiger partial charge in [-0.15, -0.1) is 0 Å². The molecule has 5 nitrogen and oxygen atoms in total. The van der Waals surface area contributed by atoms with Crippen molar-refractivity contribution in [2.45, 2.75) is 25.4 Å². The summed E-state index contributed by atoms with van der Waals surface area (Å²) in [5.41, 5.74) is 4.83. The van der Waals surface area contributed by atoms with E-state index in [4.69, 9.17) is 9.47 Å². The average molecular weight is 328 g/mol. The fraction of sp³-hybridized carbons (Fsp3) is 0.368. The van der Waals surface area contributed by atoms with Gasteiger partial charge in [0.25, 0.3) is 0 Å². The first kappa shape index (κ1) is 15.1. The molecule has 4 rings (SSSR count). The summed E-state index contributed by atoms with van der Waals surface area (Å²) in [7, 11) is 3.15. The minimum absolute atomic E-state index is 0.188. The maximum atomic E-state index is 10.2. The van der Waals surface area contributed by atoms with E-state index in [0.717, 1.165) is 31.5 Å². The Labute approximate surface area is 141 Å². The molecule has 1 unspecified atom stereocenters. The highest BCUT2D eigenvalue weighted by atomic mass is 16.5. The number of aromatic hydroxyl groups is 2. The fourth-order valence-corrected chi connectivity index (χ4v) is 4.12. The first-order valence-corrected chi connectivity index (χ1v) is 8.23. The minimum atomic E-state index is 0.188. The van der Waals surface area contributed by atoms with Crippen LogP contribution in [-0.4, -0.2) is 31.0 Å². The second-order valence-electron chi connectivity index (χ2n) is 6.61. The molecule has 0 bridgehead atoms. The SMILES string of the molecule is COc1cc2c(cc1O)C[C@@H]1c3cc(O)c(OC)cc3CC[NH+]1C2. The Morgan fingerprint density at radius 2 is 1.58 bits per heavy atom. The normalized spacial score (nSPS) is 21.4. The summed E-state index contributed by atoms with van der Waals surface area (Å²) in [5, 5.41) is 20.3. The zero-order chi connectivity index (χ0) is 16.8.